The molecule has 0 unspecified atom stereocenters. The molecule has 2 aromatic heterocycles. The van der Waals surface area contributed by atoms with Crippen molar-refractivity contribution < 1.29 is 0 Å². The van der Waals surface area contributed by atoms with Crippen molar-refractivity contribution in [3.63, 3.8) is 0 Å². The Labute approximate surface area is 169 Å². The molecule has 0 radical (unpaired) electrons. The van der Waals surface area contributed by atoms with E-state index in [-0.39, 0.29) is 0 Å². The van der Waals surface area contributed by atoms with Crippen molar-refractivity contribution in [2.75, 3.05) is 0 Å². The second kappa shape index (κ2) is 7.76. The van der Waals surface area contributed by atoms with E-state index in [1.54, 1.807) is 0 Å². The number of aryl methyl sites for hydroxylation is 2. The van der Waals surface area contributed by atoms with Gasteiger partial charge in [-0.15, -0.1) is 0 Å². The van der Waals surface area contributed by atoms with Crippen molar-refractivity contribution in [3.05, 3.63) is 59.2 Å². The zero-order valence-electron chi connectivity index (χ0n) is 19.0. The minimum Gasteiger partial charge on any atom is -0.259 e. The molecule has 0 aliphatic heterocycles. The maximum absolute atomic E-state index is 5.05. The molecule has 2 aromatic rings. The summed E-state index contributed by atoms with van der Waals surface area (Å²) in [6, 6.07) is 13.2. The summed E-state index contributed by atoms with van der Waals surface area (Å²) in [5.41, 5.74) is 4.95. The normalized spacial score (nSPS) is 15.5. The number of hydrogen-bond donors (Lipinski definition) is 0. The minimum absolute atomic E-state index is 0.615. The van der Waals surface area contributed by atoms with Gasteiger partial charge in [-0.3, -0.25) is 9.97 Å². The Hall–Kier alpha value is -1.05. The standard InChI is InChI=1S/C22H38N2Si3/c1-17-13-11-15-19(23-17)21(25(3,4)5)27(9,10)22(26(6,7)8)20-16-12-14-18(2)24-20/h11-16,21-22H,1-10H3/t21-,22+. The van der Waals surface area contributed by atoms with Crippen LogP contribution in [0, 0.1) is 13.8 Å². The zero-order chi connectivity index (χ0) is 20.6. The van der Waals surface area contributed by atoms with E-state index in [0.717, 1.165) is 11.4 Å². The van der Waals surface area contributed by atoms with Crippen molar-refractivity contribution in [1.29, 1.82) is 0 Å². The molecular weight excluding hydrogens is 377 g/mol. The fraction of sp³-hybridized carbons (Fsp3) is 0.545. The van der Waals surface area contributed by atoms with E-state index in [1.165, 1.54) is 11.4 Å². The van der Waals surface area contributed by atoms with Crippen molar-refractivity contribution in [1.82, 2.24) is 9.97 Å². The molecule has 148 valence electrons. The van der Waals surface area contributed by atoms with E-state index in [1.807, 2.05) is 0 Å². The Bertz CT molecular complexity index is 723. The summed E-state index contributed by atoms with van der Waals surface area (Å²) in [5.74, 6) is 0. The molecule has 0 aliphatic rings. The predicted octanol–water partition coefficient (Wildman–Crippen LogP) is 6.50. The lowest BCUT2D eigenvalue weighted by Gasteiger charge is -2.48. The molecule has 0 aromatic carbocycles. The van der Waals surface area contributed by atoms with Gasteiger partial charge in [-0.2, -0.15) is 0 Å². The minimum atomic E-state index is -1.76. The molecule has 2 rings (SSSR count). The molecule has 0 saturated carbocycles. The van der Waals surface area contributed by atoms with Crippen LogP contribution in [0.25, 0.3) is 0 Å². The first-order valence-corrected chi connectivity index (χ1v) is 20.4. The van der Waals surface area contributed by atoms with Gasteiger partial charge in [-0.05, 0) is 48.4 Å². The van der Waals surface area contributed by atoms with Gasteiger partial charge in [0, 0.05) is 22.8 Å². The number of rotatable bonds is 6. The van der Waals surface area contributed by atoms with E-state index in [0.29, 0.717) is 10.3 Å². The van der Waals surface area contributed by atoms with Crippen LogP contribution >= 0.6 is 0 Å². The van der Waals surface area contributed by atoms with Crippen LogP contribution in [0.2, 0.25) is 52.4 Å². The van der Waals surface area contributed by atoms with Gasteiger partial charge in [0.15, 0.2) is 0 Å². The fourth-order valence-corrected chi connectivity index (χ4v) is 29.1. The van der Waals surface area contributed by atoms with Crippen LogP contribution in [0.1, 0.15) is 33.1 Å². The lowest BCUT2D eigenvalue weighted by atomic mass is 10.3. The van der Waals surface area contributed by atoms with E-state index >= 15 is 0 Å². The molecule has 0 bridgehead atoms. The zero-order valence-corrected chi connectivity index (χ0v) is 22.0. The highest BCUT2D eigenvalue weighted by Gasteiger charge is 2.52. The third-order valence-corrected chi connectivity index (χ3v) is 22.9. The van der Waals surface area contributed by atoms with Gasteiger partial charge in [-0.1, -0.05) is 64.5 Å². The molecule has 0 saturated heterocycles. The first kappa shape index (κ1) is 22.2. The summed E-state index contributed by atoms with van der Waals surface area (Å²) in [5, 5.41) is 1.23. The molecule has 0 fully saturated rings. The molecule has 0 N–H and O–H groups in total. The molecule has 2 atom stereocenters. The smallest absolute Gasteiger partial charge is 0.0611 e. The lowest BCUT2D eigenvalue weighted by Crippen LogP contribution is -2.58. The highest BCUT2D eigenvalue weighted by Crippen LogP contribution is 2.45. The quantitative estimate of drug-likeness (QED) is 0.504. The van der Waals surface area contributed by atoms with E-state index < -0.39 is 24.2 Å². The molecule has 5 heteroatoms. The Kier molecular flexibility index (Phi) is 6.39. The Morgan fingerprint density at radius 3 is 1.19 bits per heavy atom. The largest absolute Gasteiger partial charge is 0.259 e. The molecule has 2 nitrogen and oxygen atoms in total. The number of nitrogens with zero attached hydrogens (tertiary/aromatic N) is 2. The first-order chi connectivity index (χ1) is 12.2. The average molecular weight is 415 g/mol. The third-order valence-electron chi connectivity index (χ3n) is 5.63. The molecule has 2 heterocycles. The highest BCUT2D eigenvalue weighted by atomic mass is 28.4. The first-order valence-electron chi connectivity index (χ1n) is 10.1. The molecule has 0 spiro atoms. The average Bonchev–Trinajstić information content (AvgIpc) is 2.43. The maximum atomic E-state index is 5.05. The Balaban J connectivity index is 2.70. The van der Waals surface area contributed by atoms with Gasteiger partial charge in [0.2, 0.25) is 0 Å². The molecule has 0 aliphatic carbocycles. The van der Waals surface area contributed by atoms with Crippen molar-refractivity contribution >= 4 is 24.2 Å². The summed E-state index contributed by atoms with van der Waals surface area (Å²) >= 11 is 0. The number of pyridine rings is 2. The van der Waals surface area contributed by atoms with Gasteiger partial charge in [0.1, 0.15) is 0 Å². The predicted molar refractivity (Wildman–Crippen MR) is 128 cm³/mol. The van der Waals surface area contributed by atoms with Crippen LogP contribution in [0.5, 0.6) is 0 Å². The van der Waals surface area contributed by atoms with Crippen molar-refractivity contribution in [2.45, 2.75) is 76.6 Å². The lowest BCUT2D eigenvalue weighted by molar-refractivity contribution is 0.967. The maximum Gasteiger partial charge on any atom is 0.0611 e. The molecule has 27 heavy (non-hydrogen) atoms. The monoisotopic (exact) mass is 414 g/mol. The van der Waals surface area contributed by atoms with Crippen LogP contribution in [-0.4, -0.2) is 34.2 Å². The van der Waals surface area contributed by atoms with Gasteiger partial charge < -0.3 is 0 Å². The SMILES string of the molecule is Cc1cccc([C@H]([Si](C)(C)C)[Si](C)(C)[C@@H](c2cccc(C)n2)[Si](C)(C)C)n1. The second-order valence-corrected chi connectivity index (χ2v) is 27.4. The Morgan fingerprint density at radius 2 is 0.926 bits per heavy atom. The summed E-state index contributed by atoms with van der Waals surface area (Å²) in [6.07, 6.45) is 0. The molecular formula is C22H38N2Si3. The summed E-state index contributed by atoms with van der Waals surface area (Å²) < 4.78 is 0. The molecule has 0 amide bonds. The summed E-state index contributed by atoms with van der Waals surface area (Å²) in [4.78, 5) is 10.1. The van der Waals surface area contributed by atoms with Gasteiger partial charge >= 0.3 is 0 Å². The number of hydrogen-bond acceptors (Lipinski definition) is 2. The Morgan fingerprint density at radius 1 is 0.593 bits per heavy atom. The van der Waals surface area contributed by atoms with Crippen LogP contribution in [0.15, 0.2) is 36.4 Å². The fourth-order valence-electron chi connectivity index (χ4n) is 5.50. The van der Waals surface area contributed by atoms with Crippen molar-refractivity contribution in [2.24, 2.45) is 0 Å². The summed E-state index contributed by atoms with van der Waals surface area (Å²) in [6.45, 7) is 24.7. The van der Waals surface area contributed by atoms with E-state index in [4.69, 9.17) is 9.97 Å². The van der Waals surface area contributed by atoms with Crippen LogP contribution in [-0.2, 0) is 0 Å². The van der Waals surface area contributed by atoms with Crippen molar-refractivity contribution in [3.8, 4) is 0 Å². The second-order valence-electron chi connectivity index (χ2n) is 10.8. The van der Waals surface area contributed by atoms with Gasteiger partial charge in [0.05, 0.1) is 24.2 Å². The van der Waals surface area contributed by atoms with Gasteiger partial charge in [0.25, 0.3) is 0 Å². The van der Waals surface area contributed by atoms with Crippen LogP contribution < -0.4 is 0 Å². The van der Waals surface area contributed by atoms with E-state index in [9.17, 15) is 0 Å². The van der Waals surface area contributed by atoms with Crippen LogP contribution in [0.4, 0.5) is 0 Å². The topological polar surface area (TPSA) is 25.8 Å². The van der Waals surface area contributed by atoms with Gasteiger partial charge in [-0.25, -0.2) is 0 Å². The van der Waals surface area contributed by atoms with E-state index in [2.05, 4.69) is 103 Å². The number of aromatic nitrogens is 2. The highest BCUT2D eigenvalue weighted by molar-refractivity contribution is 7.04. The summed E-state index contributed by atoms with van der Waals surface area (Å²) in [7, 11) is -4.72. The van der Waals surface area contributed by atoms with Crippen LogP contribution in [0.3, 0.4) is 0 Å². The third kappa shape index (κ3) is 5.06.